The van der Waals surface area contributed by atoms with Gasteiger partial charge in [0.1, 0.15) is 0 Å². The lowest BCUT2D eigenvalue weighted by molar-refractivity contribution is -0.137. The molecule has 21 heavy (non-hydrogen) atoms. The van der Waals surface area contributed by atoms with Crippen LogP contribution in [0.1, 0.15) is 23.6 Å². The van der Waals surface area contributed by atoms with Crippen molar-refractivity contribution in [3.8, 4) is 0 Å². The highest BCUT2D eigenvalue weighted by molar-refractivity contribution is 5.27. The highest BCUT2D eigenvalue weighted by Gasteiger charge is 2.30. The summed E-state index contributed by atoms with van der Waals surface area (Å²) in [6, 6.07) is 5.21. The molecule has 1 atom stereocenters. The lowest BCUT2D eigenvalue weighted by Gasteiger charge is -2.28. The summed E-state index contributed by atoms with van der Waals surface area (Å²) in [6.45, 7) is 2.19. The van der Waals surface area contributed by atoms with Crippen molar-refractivity contribution in [3.63, 3.8) is 0 Å². The minimum Gasteiger partial charge on any atom is -0.329 e. The predicted molar refractivity (Wildman–Crippen MR) is 79.0 cm³/mol. The fourth-order valence-corrected chi connectivity index (χ4v) is 2.26. The first-order chi connectivity index (χ1) is 9.75. The van der Waals surface area contributed by atoms with Crippen LogP contribution in [0.15, 0.2) is 24.3 Å². The number of hydrogen-bond acceptors (Lipinski definition) is 3. The van der Waals surface area contributed by atoms with Gasteiger partial charge >= 0.3 is 6.18 Å². The molecule has 1 aromatic rings. The summed E-state index contributed by atoms with van der Waals surface area (Å²) >= 11 is 0. The molecule has 0 bridgehead atoms. The molecule has 0 radical (unpaired) electrons. The normalized spacial score (nSPS) is 14.0. The summed E-state index contributed by atoms with van der Waals surface area (Å²) in [4.78, 5) is 4.19. The number of likely N-dealkylation sites (N-methyl/N-ethyl adjacent to an activating group) is 1. The highest BCUT2D eigenvalue weighted by atomic mass is 19.4. The van der Waals surface area contributed by atoms with E-state index in [0.29, 0.717) is 6.54 Å². The van der Waals surface area contributed by atoms with Gasteiger partial charge in [-0.2, -0.15) is 13.2 Å². The van der Waals surface area contributed by atoms with Gasteiger partial charge in [0.2, 0.25) is 0 Å². The van der Waals surface area contributed by atoms with Crippen LogP contribution in [0, 0.1) is 0 Å². The molecule has 0 heterocycles. The van der Waals surface area contributed by atoms with Crippen molar-refractivity contribution < 1.29 is 13.2 Å². The van der Waals surface area contributed by atoms with E-state index in [9.17, 15) is 13.2 Å². The first-order valence-corrected chi connectivity index (χ1v) is 6.98. The summed E-state index contributed by atoms with van der Waals surface area (Å²) in [7, 11) is 5.97. The summed E-state index contributed by atoms with van der Waals surface area (Å²) in [6.07, 6.45) is -3.31. The zero-order valence-electron chi connectivity index (χ0n) is 12.8. The van der Waals surface area contributed by atoms with E-state index in [1.807, 2.05) is 21.1 Å². The molecule has 3 nitrogen and oxygen atoms in total. The van der Waals surface area contributed by atoms with Crippen LogP contribution in [0.2, 0.25) is 0 Å². The largest absolute Gasteiger partial charge is 0.416 e. The van der Waals surface area contributed by atoms with Gasteiger partial charge in [-0.3, -0.25) is 4.90 Å². The van der Waals surface area contributed by atoms with Crippen molar-refractivity contribution in [3.05, 3.63) is 35.4 Å². The molecule has 0 saturated heterocycles. The van der Waals surface area contributed by atoms with Crippen LogP contribution in [0.5, 0.6) is 0 Å². The fraction of sp³-hybridized carbons (Fsp3) is 0.600. The Morgan fingerprint density at radius 3 is 2.05 bits per heavy atom. The third-order valence-corrected chi connectivity index (χ3v) is 3.49. The van der Waals surface area contributed by atoms with E-state index < -0.39 is 11.7 Å². The predicted octanol–water partition coefficient (Wildman–Crippen LogP) is 2.59. The molecule has 0 aromatic heterocycles. The molecule has 1 aromatic carbocycles. The second-order valence-corrected chi connectivity index (χ2v) is 5.51. The van der Waals surface area contributed by atoms with Crippen LogP contribution >= 0.6 is 0 Å². The zero-order chi connectivity index (χ0) is 16.0. The number of nitrogens with zero attached hydrogens (tertiary/aromatic N) is 2. The second kappa shape index (κ2) is 7.77. The molecule has 0 spiro atoms. The van der Waals surface area contributed by atoms with Crippen molar-refractivity contribution in [2.75, 3.05) is 40.8 Å². The Morgan fingerprint density at radius 1 is 1.05 bits per heavy atom. The summed E-state index contributed by atoms with van der Waals surface area (Å²) in [5.41, 5.74) is 5.98. The van der Waals surface area contributed by atoms with Gasteiger partial charge in [-0.05, 0) is 58.3 Å². The second-order valence-electron chi connectivity index (χ2n) is 5.51. The number of benzene rings is 1. The van der Waals surface area contributed by atoms with E-state index in [-0.39, 0.29) is 6.04 Å². The van der Waals surface area contributed by atoms with Crippen LogP contribution in [0.4, 0.5) is 13.2 Å². The Kier molecular flexibility index (Phi) is 6.64. The topological polar surface area (TPSA) is 32.5 Å². The first kappa shape index (κ1) is 17.9. The number of rotatable bonds is 7. The van der Waals surface area contributed by atoms with E-state index in [4.69, 9.17) is 5.73 Å². The fourth-order valence-electron chi connectivity index (χ4n) is 2.26. The van der Waals surface area contributed by atoms with Gasteiger partial charge < -0.3 is 10.6 Å². The molecule has 0 aliphatic rings. The quantitative estimate of drug-likeness (QED) is 0.840. The third kappa shape index (κ3) is 5.65. The Hall–Kier alpha value is -1.11. The Bertz CT molecular complexity index is 415. The van der Waals surface area contributed by atoms with Crippen LogP contribution in [0.3, 0.4) is 0 Å². The number of halogens is 3. The van der Waals surface area contributed by atoms with Crippen molar-refractivity contribution in [2.45, 2.75) is 18.6 Å². The van der Waals surface area contributed by atoms with Gasteiger partial charge in [0.25, 0.3) is 0 Å². The lowest BCUT2D eigenvalue weighted by atomic mass is 10.0. The van der Waals surface area contributed by atoms with Crippen molar-refractivity contribution in [1.29, 1.82) is 0 Å². The molecular weight excluding hydrogens is 279 g/mol. The SMILES string of the molecule is CN(C)CCCN(C)C(CN)c1ccc(C(F)(F)F)cc1. The maximum absolute atomic E-state index is 12.6. The minimum absolute atomic E-state index is 0.0607. The van der Waals surface area contributed by atoms with Gasteiger partial charge in [0.05, 0.1) is 5.56 Å². The Morgan fingerprint density at radius 2 is 1.62 bits per heavy atom. The van der Waals surface area contributed by atoms with Crippen LogP contribution < -0.4 is 5.73 Å². The van der Waals surface area contributed by atoms with Gasteiger partial charge in [-0.1, -0.05) is 12.1 Å². The van der Waals surface area contributed by atoms with E-state index in [1.54, 1.807) is 0 Å². The third-order valence-electron chi connectivity index (χ3n) is 3.49. The summed E-state index contributed by atoms with van der Waals surface area (Å²) in [5.74, 6) is 0. The van der Waals surface area contributed by atoms with E-state index in [2.05, 4.69) is 9.80 Å². The molecule has 0 amide bonds. The minimum atomic E-state index is -4.30. The molecule has 2 N–H and O–H groups in total. The molecule has 1 unspecified atom stereocenters. The van der Waals surface area contributed by atoms with E-state index >= 15 is 0 Å². The first-order valence-electron chi connectivity index (χ1n) is 6.98. The number of nitrogens with two attached hydrogens (primary N) is 1. The summed E-state index contributed by atoms with van der Waals surface area (Å²) in [5, 5.41) is 0. The average molecular weight is 303 g/mol. The molecule has 120 valence electrons. The number of hydrogen-bond donors (Lipinski definition) is 1. The van der Waals surface area contributed by atoms with Gasteiger partial charge in [0.15, 0.2) is 0 Å². The molecule has 0 aliphatic heterocycles. The lowest BCUT2D eigenvalue weighted by Crippen LogP contribution is -2.32. The van der Waals surface area contributed by atoms with Crippen molar-refractivity contribution >= 4 is 0 Å². The molecule has 6 heteroatoms. The Balaban J connectivity index is 2.71. The highest BCUT2D eigenvalue weighted by Crippen LogP contribution is 2.30. The maximum Gasteiger partial charge on any atom is 0.416 e. The Labute approximate surface area is 124 Å². The van der Waals surface area contributed by atoms with Gasteiger partial charge in [-0.15, -0.1) is 0 Å². The molecule has 0 aliphatic carbocycles. The van der Waals surface area contributed by atoms with Gasteiger partial charge in [0, 0.05) is 12.6 Å². The molecule has 1 rings (SSSR count). The standard InChI is InChI=1S/C15H24F3N3/c1-20(2)9-4-10-21(3)14(11-19)12-5-7-13(8-6-12)15(16,17)18/h5-8,14H,4,9-11,19H2,1-3H3. The van der Waals surface area contributed by atoms with Crippen LogP contribution in [0.25, 0.3) is 0 Å². The molecule has 0 fully saturated rings. The van der Waals surface area contributed by atoms with Gasteiger partial charge in [-0.25, -0.2) is 0 Å². The zero-order valence-corrected chi connectivity index (χ0v) is 12.8. The maximum atomic E-state index is 12.6. The smallest absolute Gasteiger partial charge is 0.329 e. The van der Waals surface area contributed by atoms with E-state index in [1.165, 1.54) is 12.1 Å². The van der Waals surface area contributed by atoms with Crippen LogP contribution in [-0.4, -0.2) is 50.6 Å². The monoisotopic (exact) mass is 303 g/mol. The van der Waals surface area contributed by atoms with E-state index in [0.717, 1.165) is 37.2 Å². The average Bonchev–Trinajstić information content (AvgIpc) is 2.38. The van der Waals surface area contributed by atoms with Crippen molar-refractivity contribution in [1.82, 2.24) is 9.80 Å². The summed E-state index contributed by atoms with van der Waals surface area (Å²) < 4.78 is 37.7. The van der Waals surface area contributed by atoms with Crippen LogP contribution in [-0.2, 0) is 6.18 Å². The molecular formula is C15H24F3N3. The van der Waals surface area contributed by atoms with Crippen molar-refractivity contribution in [2.24, 2.45) is 5.73 Å². The molecule has 0 saturated carbocycles. The number of alkyl halides is 3.